The molecule has 9 heteroatoms. The number of methoxy groups -OCH3 is 1. The van der Waals surface area contributed by atoms with Gasteiger partial charge in [-0.15, -0.1) is 0 Å². The molecule has 0 unspecified atom stereocenters. The Bertz CT molecular complexity index is 1450. The van der Waals surface area contributed by atoms with Crippen molar-refractivity contribution in [3.63, 3.8) is 0 Å². The van der Waals surface area contributed by atoms with E-state index in [9.17, 15) is 9.59 Å². The average Bonchev–Trinajstić information content (AvgIpc) is 3.79. The molecule has 0 bridgehead atoms. The number of hydrogen-bond donors (Lipinski definition) is 1. The zero-order chi connectivity index (χ0) is 30.6. The molecule has 2 aromatic heterocycles. The largest absolute Gasteiger partial charge is 0.496 e. The van der Waals surface area contributed by atoms with Crippen LogP contribution in [0.5, 0.6) is 5.75 Å². The van der Waals surface area contributed by atoms with Crippen LogP contribution in [0.2, 0.25) is 0 Å². The summed E-state index contributed by atoms with van der Waals surface area (Å²) in [6.45, 7) is 2.77. The molecule has 0 saturated heterocycles. The first-order chi connectivity index (χ1) is 21.4. The third-order valence-corrected chi connectivity index (χ3v) is 9.82. The molecule has 3 aromatic rings. The summed E-state index contributed by atoms with van der Waals surface area (Å²) in [6, 6.07) is 11.1. The van der Waals surface area contributed by atoms with Gasteiger partial charge in [-0.25, -0.2) is 9.78 Å². The topological polar surface area (TPSA) is 98.6 Å². The molecular formula is C35H45N5O4. The highest BCUT2D eigenvalue weighted by Gasteiger charge is 2.34. The number of aryl methyl sites for hydroxylation is 1. The number of ether oxygens (including phenoxy) is 2. The molecule has 0 aliphatic heterocycles. The first-order valence-corrected chi connectivity index (χ1v) is 16.3. The number of carbonyl (C=O) groups excluding carboxylic acids is 2. The number of alkyl carbamates (subject to hydrolysis) is 1. The number of aromatic nitrogens is 3. The molecule has 3 saturated carbocycles. The molecule has 2 amide bonds. The van der Waals surface area contributed by atoms with E-state index >= 15 is 0 Å². The molecule has 9 nitrogen and oxygen atoms in total. The van der Waals surface area contributed by atoms with Crippen LogP contribution in [-0.4, -0.2) is 53.6 Å². The Labute approximate surface area is 260 Å². The molecule has 1 N–H and O–H groups in total. The number of amides is 2. The summed E-state index contributed by atoms with van der Waals surface area (Å²) in [6.07, 6.45) is 14.8. The lowest BCUT2D eigenvalue weighted by Crippen LogP contribution is -2.42. The maximum atomic E-state index is 14.2. The highest BCUT2D eigenvalue weighted by Crippen LogP contribution is 2.39. The number of benzene rings is 1. The molecular weight excluding hydrogens is 554 g/mol. The van der Waals surface area contributed by atoms with Crippen LogP contribution in [0.3, 0.4) is 0 Å². The molecule has 3 aliphatic carbocycles. The van der Waals surface area contributed by atoms with Crippen molar-refractivity contribution in [2.45, 2.75) is 89.2 Å². The number of nitrogens with one attached hydrogen (secondary N) is 1. The summed E-state index contributed by atoms with van der Waals surface area (Å²) in [5.41, 5.74) is 4.63. The van der Waals surface area contributed by atoms with E-state index in [1.54, 1.807) is 14.2 Å². The van der Waals surface area contributed by atoms with Crippen molar-refractivity contribution < 1.29 is 19.1 Å². The van der Waals surface area contributed by atoms with E-state index < -0.39 is 6.09 Å². The van der Waals surface area contributed by atoms with Gasteiger partial charge in [0.05, 0.1) is 19.3 Å². The summed E-state index contributed by atoms with van der Waals surface area (Å²) in [4.78, 5) is 32.7. The first kappa shape index (κ1) is 30.2. The third-order valence-electron chi connectivity index (χ3n) is 9.82. The van der Waals surface area contributed by atoms with Crippen molar-refractivity contribution in [1.29, 1.82) is 0 Å². The van der Waals surface area contributed by atoms with Gasteiger partial charge in [0.15, 0.2) is 0 Å². The van der Waals surface area contributed by atoms with E-state index in [4.69, 9.17) is 14.5 Å². The Balaban J connectivity index is 1.17. The summed E-state index contributed by atoms with van der Waals surface area (Å²) in [5.74, 6) is 2.60. The lowest BCUT2D eigenvalue weighted by atomic mass is 9.78. The Kier molecular flexibility index (Phi) is 9.19. The highest BCUT2D eigenvalue weighted by molar-refractivity contribution is 5.94. The quantitative estimate of drug-likeness (QED) is 0.290. The Morgan fingerprint density at radius 3 is 2.43 bits per heavy atom. The fourth-order valence-corrected chi connectivity index (χ4v) is 7.02. The van der Waals surface area contributed by atoms with Gasteiger partial charge in [0, 0.05) is 37.5 Å². The zero-order valence-corrected chi connectivity index (χ0v) is 26.2. The Hall–Kier alpha value is -3.88. The van der Waals surface area contributed by atoms with Crippen LogP contribution >= 0.6 is 0 Å². The van der Waals surface area contributed by atoms with Gasteiger partial charge in [-0.05, 0) is 118 Å². The average molecular weight is 600 g/mol. The number of nitrogens with zero attached hydrogens (tertiary/aromatic N) is 4. The normalized spacial score (nSPS) is 23.5. The lowest BCUT2D eigenvalue weighted by molar-refractivity contribution is -0.124. The smallest absolute Gasteiger partial charge is 0.407 e. The second kappa shape index (κ2) is 13.4. The molecule has 0 spiro atoms. The minimum Gasteiger partial charge on any atom is -0.496 e. The van der Waals surface area contributed by atoms with E-state index in [1.165, 1.54) is 24.0 Å². The van der Waals surface area contributed by atoms with E-state index in [1.807, 2.05) is 23.4 Å². The Morgan fingerprint density at radius 2 is 1.75 bits per heavy atom. The van der Waals surface area contributed by atoms with Crippen LogP contribution in [0.25, 0.3) is 11.1 Å². The van der Waals surface area contributed by atoms with Gasteiger partial charge in [0.2, 0.25) is 5.91 Å². The van der Waals surface area contributed by atoms with Gasteiger partial charge in [0.1, 0.15) is 17.7 Å². The lowest BCUT2D eigenvalue weighted by Gasteiger charge is -2.35. The molecule has 44 heavy (non-hydrogen) atoms. The van der Waals surface area contributed by atoms with Crippen LogP contribution in [0.1, 0.15) is 87.3 Å². The minimum absolute atomic E-state index is 0.110. The Morgan fingerprint density at radius 1 is 0.977 bits per heavy atom. The fraction of sp³-hybridized carbons (Fsp3) is 0.543. The van der Waals surface area contributed by atoms with Gasteiger partial charge in [-0.1, -0.05) is 12.1 Å². The first-order valence-electron chi connectivity index (χ1n) is 16.3. The molecule has 0 radical (unpaired) electrons. The van der Waals surface area contributed by atoms with Crippen LogP contribution in [-0.2, 0) is 9.53 Å². The standard InChI is InChI=1S/C35H45N5O4/c1-23-18-27(10-15-32(23)43-3)25-6-4-24(5-7-25)21-39(34(41)26-8-13-31(14-9-26)44-35(42)36-2)33-19-28(16-17-37-33)29-20-38-40(22-29)30-11-12-30/h10,15-20,22,24-26,30-31H,4-9,11-14,21H2,1-3H3,(H,36,42)/t24-,25-,26-,31-. The van der Waals surface area contributed by atoms with Crippen LogP contribution in [0.15, 0.2) is 48.9 Å². The van der Waals surface area contributed by atoms with Crippen LogP contribution in [0.4, 0.5) is 10.6 Å². The predicted octanol–water partition coefficient (Wildman–Crippen LogP) is 6.82. The van der Waals surface area contributed by atoms with Crippen molar-refractivity contribution >= 4 is 17.8 Å². The van der Waals surface area contributed by atoms with E-state index in [0.29, 0.717) is 55.9 Å². The third kappa shape index (κ3) is 6.92. The van der Waals surface area contributed by atoms with Crippen molar-refractivity contribution in [3.05, 3.63) is 60.0 Å². The second-order valence-corrected chi connectivity index (χ2v) is 12.9. The summed E-state index contributed by atoms with van der Waals surface area (Å²) in [7, 11) is 3.29. The number of carbonyl (C=O) groups is 2. The van der Waals surface area contributed by atoms with Crippen LogP contribution in [0, 0.1) is 18.8 Å². The van der Waals surface area contributed by atoms with Crippen molar-refractivity contribution in [3.8, 4) is 16.9 Å². The molecule has 3 fully saturated rings. The molecule has 0 atom stereocenters. The number of hydrogen-bond acceptors (Lipinski definition) is 6. The van der Waals surface area contributed by atoms with E-state index in [-0.39, 0.29) is 17.9 Å². The molecule has 6 rings (SSSR count). The molecule has 2 heterocycles. The monoisotopic (exact) mass is 599 g/mol. The number of rotatable bonds is 9. The number of pyridine rings is 1. The minimum atomic E-state index is -0.409. The molecule has 1 aromatic carbocycles. The van der Waals surface area contributed by atoms with Crippen molar-refractivity contribution in [2.75, 3.05) is 25.6 Å². The van der Waals surface area contributed by atoms with E-state index in [0.717, 1.165) is 42.6 Å². The second-order valence-electron chi connectivity index (χ2n) is 12.9. The van der Waals surface area contributed by atoms with Crippen molar-refractivity contribution in [1.82, 2.24) is 20.1 Å². The van der Waals surface area contributed by atoms with Gasteiger partial charge < -0.3 is 14.8 Å². The summed E-state index contributed by atoms with van der Waals surface area (Å²) >= 11 is 0. The maximum absolute atomic E-state index is 14.2. The maximum Gasteiger partial charge on any atom is 0.407 e. The summed E-state index contributed by atoms with van der Waals surface area (Å²) < 4.78 is 13.0. The van der Waals surface area contributed by atoms with Gasteiger partial charge in [-0.3, -0.25) is 14.4 Å². The predicted molar refractivity (Wildman–Crippen MR) is 170 cm³/mol. The van der Waals surface area contributed by atoms with Crippen molar-refractivity contribution in [2.24, 2.45) is 11.8 Å². The number of anilines is 1. The van der Waals surface area contributed by atoms with Gasteiger partial charge in [0.25, 0.3) is 0 Å². The SMILES string of the molecule is CNC(=O)O[C@H]1CC[C@H](C(=O)N(C[C@H]2CC[C@H](c3ccc(OC)c(C)c3)CC2)c2cc(-c3cnn(C4CC4)c3)ccn2)CC1. The van der Waals surface area contributed by atoms with Crippen LogP contribution < -0.4 is 15.0 Å². The fourth-order valence-electron chi connectivity index (χ4n) is 7.02. The highest BCUT2D eigenvalue weighted by atomic mass is 16.6. The van der Waals surface area contributed by atoms with Gasteiger partial charge in [-0.2, -0.15) is 5.10 Å². The molecule has 234 valence electrons. The van der Waals surface area contributed by atoms with E-state index in [2.05, 4.69) is 52.5 Å². The zero-order valence-electron chi connectivity index (χ0n) is 26.2. The summed E-state index contributed by atoms with van der Waals surface area (Å²) in [5, 5.41) is 7.11. The van der Waals surface area contributed by atoms with Gasteiger partial charge >= 0.3 is 6.09 Å². The molecule has 3 aliphatic rings.